The molecule has 11 rings (SSSR count). The van der Waals surface area contributed by atoms with E-state index < -0.39 is 5.41 Å². The minimum absolute atomic E-state index is 0.463. The van der Waals surface area contributed by atoms with Gasteiger partial charge in [-0.2, -0.15) is 0 Å². The summed E-state index contributed by atoms with van der Waals surface area (Å²) >= 11 is 0. The standard InChI is InChI=1S/C51H33N3/c1-3-13-38(14-4-1)51(39-15-5-2-6-16-39)43-19-9-7-17-40(43)49-44(51)31-30-42-48(49)41-18-8-10-20-45(41)53-50(42)37-28-24-35(25-29-37)34-22-26-36(27-23-34)46-33-54-32-12-11-21-47(54)52-46/h1-33H. The molecule has 0 radical (unpaired) electrons. The Morgan fingerprint density at radius 3 is 1.76 bits per heavy atom. The van der Waals surface area contributed by atoms with E-state index in [1.165, 1.54) is 44.2 Å². The third-order valence-electron chi connectivity index (χ3n) is 11.3. The van der Waals surface area contributed by atoms with Crippen LogP contribution in [-0.2, 0) is 5.41 Å². The molecular weight excluding hydrogens is 655 g/mol. The zero-order chi connectivity index (χ0) is 35.6. The van der Waals surface area contributed by atoms with E-state index in [0.717, 1.165) is 50.2 Å². The number of imidazole rings is 1. The van der Waals surface area contributed by atoms with Crippen LogP contribution in [0.2, 0.25) is 0 Å². The van der Waals surface area contributed by atoms with Gasteiger partial charge in [-0.05, 0) is 62.7 Å². The number of benzene rings is 7. The van der Waals surface area contributed by atoms with Crippen LogP contribution in [0, 0.1) is 0 Å². The summed E-state index contributed by atoms with van der Waals surface area (Å²) in [6.07, 6.45) is 4.11. The molecule has 0 aliphatic heterocycles. The van der Waals surface area contributed by atoms with Gasteiger partial charge in [-0.15, -0.1) is 0 Å². The van der Waals surface area contributed by atoms with Crippen molar-refractivity contribution >= 4 is 27.3 Å². The summed E-state index contributed by atoms with van der Waals surface area (Å²) in [5.41, 5.74) is 15.7. The van der Waals surface area contributed by atoms with Crippen molar-refractivity contribution < 1.29 is 0 Å². The smallest absolute Gasteiger partial charge is 0.137 e. The molecule has 0 spiro atoms. The number of rotatable bonds is 5. The molecule has 3 aromatic heterocycles. The minimum Gasteiger partial charge on any atom is -0.306 e. The number of nitrogens with zero attached hydrogens (tertiary/aromatic N) is 3. The van der Waals surface area contributed by atoms with Gasteiger partial charge in [-0.1, -0.05) is 170 Å². The topological polar surface area (TPSA) is 30.2 Å². The molecule has 10 aromatic rings. The Morgan fingerprint density at radius 2 is 1.04 bits per heavy atom. The summed E-state index contributed by atoms with van der Waals surface area (Å²) in [4.78, 5) is 10.2. The first-order chi connectivity index (χ1) is 26.8. The molecule has 54 heavy (non-hydrogen) atoms. The van der Waals surface area contributed by atoms with Gasteiger partial charge in [-0.3, -0.25) is 0 Å². The van der Waals surface area contributed by atoms with Crippen molar-refractivity contribution in [1.29, 1.82) is 0 Å². The van der Waals surface area contributed by atoms with E-state index in [1.54, 1.807) is 0 Å². The second-order valence-electron chi connectivity index (χ2n) is 14.2. The quantitative estimate of drug-likeness (QED) is 0.169. The van der Waals surface area contributed by atoms with Gasteiger partial charge in [0.15, 0.2) is 0 Å². The first kappa shape index (κ1) is 30.5. The molecule has 0 fully saturated rings. The maximum Gasteiger partial charge on any atom is 0.137 e. The van der Waals surface area contributed by atoms with E-state index in [1.807, 2.05) is 24.4 Å². The zero-order valence-electron chi connectivity index (χ0n) is 29.4. The lowest BCUT2D eigenvalue weighted by molar-refractivity contribution is 0.769. The fourth-order valence-corrected chi connectivity index (χ4v) is 8.92. The summed E-state index contributed by atoms with van der Waals surface area (Å²) in [6, 6.07) is 68.0. The third kappa shape index (κ3) is 4.49. The summed E-state index contributed by atoms with van der Waals surface area (Å²) in [7, 11) is 0. The van der Waals surface area contributed by atoms with E-state index in [4.69, 9.17) is 9.97 Å². The van der Waals surface area contributed by atoms with Crippen LogP contribution in [0.1, 0.15) is 22.3 Å². The van der Waals surface area contributed by atoms with Crippen molar-refractivity contribution in [3.05, 3.63) is 223 Å². The van der Waals surface area contributed by atoms with E-state index >= 15 is 0 Å². The number of para-hydroxylation sites is 1. The average Bonchev–Trinajstić information content (AvgIpc) is 3.82. The van der Waals surface area contributed by atoms with Crippen LogP contribution < -0.4 is 0 Å². The lowest BCUT2D eigenvalue weighted by Crippen LogP contribution is -2.28. The number of aromatic nitrogens is 3. The molecule has 7 aromatic carbocycles. The Labute approximate surface area is 313 Å². The average molecular weight is 688 g/mol. The van der Waals surface area contributed by atoms with Gasteiger partial charge in [0.2, 0.25) is 0 Å². The molecule has 0 saturated heterocycles. The van der Waals surface area contributed by atoms with Crippen molar-refractivity contribution in [2.75, 3.05) is 0 Å². The zero-order valence-corrected chi connectivity index (χ0v) is 29.4. The van der Waals surface area contributed by atoms with E-state index in [0.29, 0.717) is 0 Å². The predicted octanol–water partition coefficient (Wildman–Crippen LogP) is 12.4. The SMILES string of the molecule is c1ccc(C2(c3ccccc3)c3ccccc3-c3c2ccc2c(-c4ccc(-c5ccc(-c6cn7ccccc7n6)cc5)cc4)nc4ccccc4c32)cc1. The van der Waals surface area contributed by atoms with Gasteiger partial charge in [0, 0.05) is 39.7 Å². The lowest BCUT2D eigenvalue weighted by Gasteiger charge is -2.34. The first-order valence-electron chi connectivity index (χ1n) is 18.5. The molecule has 1 aliphatic rings. The fraction of sp³-hybridized carbons (Fsp3) is 0.0196. The van der Waals surface area contributed by atoms with Crippen LogP contribution in [0.5, 0.6) is 0 Å². The molecule has 3 heterocycles. The van der Waals surface area contributed by atoms with Crippen LogP contribution in [0.3, 0.4) is 0 Å². The van der Waals surface area contributed by atoms with E-state index in [2.05, 4.69) is 180 Å². The van der Waals surface area contributed by atoms with Crippen molar-refractivity contribution in [3.8, 4) is 44.8 Å². The fourth-order valence-electron chi connectivity index (χ4n) is 8.92. The Bertz CT molecular complexity index is 2940. The van der Waals surface area contributed by atoms with Gasteiger partial charge < -0.3 is 4.40 Å². The molecule has 0 amide bonds. The normalized spacial score (nSPS) is 13.0. The Kier molecular flexibility index (Phi) is 6.77. The molecule has 252 valence electrons. The van der Waals surface area contributed by atoms with Crippen LogP contribution in [-0.4, -0.2) is 14.4 Å². The molecule has 0 atom stereocenters. The first-order valence-corrected chi connectivity index (χ1v) is 18.5. The summed E-state index contributed by atoms with van der Waals surface area (Å²) in [5, 5.41) is 3.58. The second-order valence-corrected chi connectivity index (χ2v) is 14.2. The Balaban J connectivity index is 1.08. The highest BCUT2D eigenvalue weighted by atomic mass is 15.0. The van der Waals surface area contributed by atoms with Crippen molar-refractivity contribution in [1.82, 2.24) is 14.4 Å². The Hall–Kier alpha value is -7.10. The largest absolute Gasteiger partial charge is 0.306 e. The maximum absolute atomic E-state index is 5.36. The minimum atomic E-state index is -0.463. The van der Waals surface area contributed by atoms with Crippen LogP contribution in [0.4, 0.5) is 0 Å². The molecule has 0 unspecified atom stereocenters. The second kappa shape index (κ2) is 12.0. The highest BCUT2D eigenvalue weighted by Crippen LogP contribution is 2.58. The van der Waals surface area contributed by atoms with Gasteiger partial charge in [-0.25, -0.2) is 9.97 Å². The van der Waals surface area contributed by atoms with Gasteiger partial charge in [0.05, 0.1) is 22.3 Å². The van der Waals surface area contributed by atoms with Gasteiger partial charge in [0.25, 0.3) is 0 Å². The van der Waals surface area contributed by atoms with Crippen molar-refractivity contribution in [2.24, 2.45) is 0 Å². The van der Waals surface area contributed by atoms with E-state index in [9.17, 15) is 0 Å². The molecular formula is C51H33N3. The predicted molar refractivity (Wildman–Crippen MR) is 222 cm³/mol. The summed E-state index contributed by atoms with van der Waals surface area (Å²) < 4.78 is 2.06. The summed E-state index contributed by atoms with van der Waals surface area (Å²) in [5.74, 6) is 0. The maximum atomic E-state index is 5.36. The van der Waals surface area contributed by atoms with Crippen LogP contribution in [0.25, 0.3) is 72.1 Å². The number of hydrogen-bond acceptors (Lipinski definition) is 2. The van der Waals surface area contributed by atoms with Gasteiger partial charge in [0.1, 0.15) is 5.65 Å². The molecule has 3 nitrogen and oxygen atoms in total. The highest BCUT2D eigenvalue weighted by Gasteiger charge is 2.46. The van der Waals surface area contributed by atoms with Crippen molar-refractivity contribution in [3.63, 3.8) is 0 Å². The summed E-state index contributed by atoms with van der Waals surface area (Å²) in [6.45, 7) is 0. The highest BCUT2D eigenvalue weighted by molar-refractivity contribution is 6.19. The van der Waals surface area contributed by atoms with Crippen LogP contribution in [0.15, 0.2) is 200 Å². The van der Waals surface area contributed by atoms with Crippen molar-refractivity contribution in [2.45, 2.75) is 5.41 Å². The Morgan fingerprint density at radius 1 is 0.426 bits per heavy atom. The van der Waals surface area contributed by atoms with Crippen LogP contribution >= 0.6 is 0 Å². The molecule has 3 heteroatoms. The molecule has 0 saturated carbocycles. The third-order valence-corrected chi connectivity index (χ3v) is 11.3. The number of hydrogen-bond donors (Lipinski definition) is 0. The molecule has 1 aliphatic carbocycles. The lowest BCUT2D eigenvalue weighted by atomic mass is 9.67. The number of fused-ring (bicyclic) bond motifs is 8. The van der Waals surface area contributed by atoms with Gasteiger partial charge >= 0.3 is 0 Å². The molecule has 0 bridgehead atoms. The number of pyridine rings is 2. The molecule has 0 N–H and O–H groups in total. The monoisotopic (exact) mass is 687 g/mol. The van der Waals surface area contributed by atoms with E-state index in [-0.39, 0.29) is 0 Å².